The molecule has 28 heavy (non-hydrogen) atoms. The predicted molar refractivity (Wildman–Crippen MR) is 108 cm³/mol. The third-order valence-corrected chi connectivity index (χ3v) is 5.57. The summed E-state index contributed by atoms with van der Waals surface area (Å²) < 4.78 is 0. The lowest BCUT2D eigenvalue weighted by molar-refractivity contribution is -0.121. The maximum Gasteiger partial charge on any atom is 0.261 e. The second-order valence-electron chi connectivity index (χ2n) is 8.69. The Labute approximate surface area is 167 Å². The lowest BCUT2D eigenvalue weighted by atomic mass is 9.92. The van der Waals surface area contributed by atoms with Crippen LogP contribution in [-0.4, -0.2) is 59.7 Å². The van der Waals surface area contributed by atoms with E-state index in [-0.39, 0.29) is 36.7 Å². The second kappa shape index (κ2) is 8.43. The van der Waals surface area contributed by atoms with Gasteiger partial charge < -0.3 is 10.2 Å². The van der Waals surface area contributed by atoms with Crippen molar-refractivity contribution >= 4 is 17.7 Å². The number of piperidine rings is 1. The van der Waals surface area contributed by atoms with Crippen molar-refractivity contribution in [1.29, 1.82) is 0 Å². The number of hydrogen-bond donors (Lipinski definition) is 1. The Morgan fingerprint density at radius 2 is 1.79 bits per heavy atom. The Hall–Kier alpha value is -2.21. The smallest absolute Gasteiger partial charge is 0.261 e. The van der Waals surface area contributed by atoms with Crippen molar-refractivity contribution in [3.05, 3.63) is 34.9 Å². The summed E-state index contributed by atoms with van der Waals surface area (Å²) in [7, 11) is 0. The Bertz CT molecular complexity index is 766. The first-order valence-electron chi connectivity index (χ1n) is 10.2. The molecule has 3 rings (SSSR count). The maximum atomic E-state index is 12.5. The summed E-state index contributed by atoms with van der Waals surface area (Å²) in [6.45, 7) is 11.5. The van der Waals surface area contributed by atoms with Crippen LogP contribution in [0.25, 0.3) is 0 Å². The quantitative estimate of drug-likeness (QED) is 0.764. The number of nitrogens with zero attached hydrogens (tertiary/aromatic N) is 2. The zero-order valence-electron chi connectivity index (χ0n) is 17.3. The molecule has 0 aromatic heterocycles. The van der Waals surface area contributed by atoms with Gasteiger partial charge in [0.1, 0.15) is 0 Å². The van der Waals surface area contributed by atoms with Crippen LogP contribution in [-0.2, 0) is 4.79 Å². The number of fused-ring (bicyclic) bond motifs is 1. The molecule has 6 heteroatoms. The third-order valence-electron chi connectivity index (χ3n) is 5.57. The predicted octanol–water partition coefficient (Wildman–Crippen LogP) is 2.46. The number of carbonyl (C=O) groups excluding carboxylic acids is 3. The van der Waals surface area contributed by atoms with Crippen molar-refractivity contribution in [3.8, 4) is 0 Å². The van der Waals surface area contributed by atoms with Gasteiger partial charge >= 0.3 is 0 Å². The number of rotatable bonds is 6. The molecule has 0 spiro atoms. The Morgan fingerprint density at radius 1 is 1.14 bits per heavy atom. The minimum absolute atomic E-state index is 0.0369. The lowest BCUT2D eigenvalue weighted by Crippen LogP contribution is -2.47. The number of imide groups is 1. The summed E-state index contributed by atoms with van der Waals surface area (Å²) >= 11 is 0. The number of amides is 3. The highest BCUT2D eigenvalue weighted by molar-refractivity contribution is 6.21. The van der Waals surface area contributed by atoms with Gasteiger partial charge in [-0.25, -0.2) is 0 Å². The lowest BCUT2D eigenvalue weighted by Gasteiger charge is -2.36. The highest BCUT2D eigenvalue weighted by Crippen LogP contribution is 2.24. The molecule has 1 saturated heterocycles. The fourth-order valence-corrected chi connectivity index (χ4v) is 4.54. The van der Waals surface area contributed by atoms with Gasteiger partial charge in [0.25, 0.3) is 11.8 Å². The molecular weight excluding hydrogens is 354 g/mol. The zero-order valence-corrected chi connectivity index (χ0v) is 17.3. The monoisotopic (exact) mass is 385 g/mol. The maximum absolute atomic E-state index is 12.5. The van der Waals surface area contributed by atoms with E-state index in [0.717, 1.165) is 25.2 Å². The van der Waals surface area contributed by atoms with E-state index < -0.39 is 0 Å². The summed E-state index contributed by atoms with van der Waals surface area (Å²) in [5.41, 5.74) is 1.81. The first kappa shape index (κ1) is 20.5. The molecule has 0 bridgehead atoms. The molecule has 3 atom stereocenters. The number of hydrogen-bond acceptors (Lipinski definition) is 4. The van der Waals surface area contributed by atoms with Crippen LogP contribution in [0, 0.1) is 18.8 Å². The van der Waals surface area contributed by atoms with Crippen LogP contribution < -0.4 is 5.32 Å². The van der Waals surface area contributed by atoms with E-state index in [0.29, 0.717) is 23.0 Å². The van der Waals surface area contributed by atoms with E-state index in [4.69, 9.17) is 0 Å². The van der Waals surface area contributed by atoms with Gasteiger partial charge in [-0.1, -0.05) is 25.5 Å². The number of nitrogens with one attached hydrogen (secondary N) is 1. The molecule has 152 valence electrons. The average molecular weight is 386 g/mol. The van der Waals surface area contributed by atoms with Gasteiger partial charge in [0.15, 0.2) is 0 Å². The fourth-order valence-electron chi connectivity index (χ4n) is 4.54. The molecule has 0 radical (unpaired) electrons. The Morgan fingerprint density at radius 3 is 2.46 bits per heavy atom. The fraction of sp³-hybridized carbons (Fsp3) is 0.591. The van der Waals surface area contributed by atoms with E-state index in [1.54, 1.807) is 12.1 Å². The molecule has 0 aliphatic carbocycles. The standard InChI is InChI=1S/C22H31N3O3/c1-14-5-6-18-19(10-14)22(28)25(21(18)27)8-7-20(26)23-17(4)13-24-11-15(2)9-16(3)12-24/h5-6,10,15-17H,7-9,11-13H2,1-4H3,(H,23,26). The largest absolute Gasteiger partial charge is 0.352 e. The van der Waals surface area contributed by atoms with Crippen LogP contribution in [0.5, 0.6) is 0 Å². The molecule has 2 aliphatic rings. The molecule has 3 amide bonds. The summed E-state index contributed by atoms with van der Waals surface area (Å²) in [5, 5.41) is 3.01. The van der Waals surface area contributed by atoms with E-state index in [1.807, 2.05) is 19.9 Å². The van der Waals surface area contributed by atoms with Crippen LogP contribution in [0.15, 0.2) is 18.2 Å². The van der Waals surface area contributed by atoms with Gasteiger partial charge in [-0.15, -0.1) is 0 Å². The van der Waals surface area contributed by atoms with Gasteiger partial charge in [0.2, 0.25) is 5.91 Å². The van der Waals surface area contributed by atoms with Gasteiger partial charge in [-0.2, -0.15) is 0 Å². The van der Waals surface area contributed by atoms with Gasteiger partial charge in [-0.05, 0) is 44.2 Å². The zero-order chi connectivity index (χ0) is 20.4. The SMILES string of the molecule is Cc1ccc2c(c1)C(=O)N(CCC(=O)NC(C)CN1CC(C)CC(C)C1)C2=O. The van der Waals surface area contributed by atoms with Crippen molar-refractivity contribution in [1.82, 2.24) is 15.1 Å². The van der Waals surface area contributed by atoms with Crippen LogP contribution in [0.1, 0.15) is 59.9 Å². The minimum atomic E-state index is -0.308. The summed E-state index contributed by atoms with van der Waals surface area (Å²) in [6.07, 6.45) is 1.39. The second-order valence-corrected chi connectivity index (χ2v) is 8.69. The summed E-state index contributed by atoms with van der Waals surface area (Å²) in [6, 6.07) is 5.28. The van der Waals surface area contributed by atoms with Gasteiger partial charge in [0.05, 0.1) is 11.1 Å². The Kier molecular flexibility index (Phi) is 6.18. The van der Waals surface area contributed by atoms with Gasteiger partial charge in [0, 0.05) is 38.6 Å². The Balaban J connectivity index is 1.48. The topological polar surface area (TPSA) is 69.7 Å². The molecule has 3 unspecified atom stereocenters. The molecule has 1 fully saturated rings. The van der Waals surface area contributed by atoms with E-state index in [1.165, 1.54) is 11.3 Å². The highest BCUT2D eigenvalue weighted by Gasteiger charge is 2.35. The normalized spacial score (nSPS) is 23.6. The van der Waals surface area contributed by atoms with Crippen molar-refractivity contribution < 1.29 is 14.4 Å². The molecular formula is C22H31N3O3. The summed E-state index contributed by atoms with van der Waals surface area (Å²) in [5.74, 6) is 0.629. The third kappa shape index (κ3) is 4.61. The summed E-state index contributed by atoms with van der Waals surface area (Å²) in [4.78, 5) is 40.9. The van der Waals surface area contributed by atoms with Crippen LogP contribution >= 0.6 is 0 Å². The molecule has 1 aromatic rings. The van der Waals surface area contributed by atoms with Crippen molar-refractivity contribution in [3.63, 3.8) is 0 Å². The first-order chi connectivity index (χ1) is 13.2. The van der Waals surface area contributed by atoms with E-state index in [9.17, 15) is 14.4 Å². The molecule has 1 aromatic carbocycles. The molecule has 1 N–H and O–H groups in total. The minimum Gasteiger partial charge on any atom is -0.352 e. The van der Waals surface area contributed by atoms with Crippen molar-refractivity contribution in [2.75, 3.05) is 26.2 Å². The molecule has 0 saturated carbocycles. The number of likely N-dealkylation sites (tertiary alicyclic amines) is 1. The van der Waals surface area contributed by atoms with Crippen molar-refractivity contribution in [2.45, 2.75) is 46.6 Å². The number of carbonyl (C=O) groups is 3. The van der Waals surface area contributed by atoms with Crippen LogP contribution in [0.4, 0.5) is 0 Å². The number of aryl methyl sites for hydroxylation is 1. The van der Waals surface area contributed by atoms with Crippen LogP contribution in [0.2, 0.25) is 0 Å². The number of benzene rings is 1. The first-order valence-corrected chi connectivity index (χ1v) is 10.2. The van der Waals surface area contributed by atoms with Gasteiger partial charge in [-0.3, -0.25) is 19.3 Å². The van der Waals surface area contributed by atoms with Crippen LogP contribution in [0.3, 0.4) is 0 Å². The van der Waals surface area contributed by atoms with Crippen molar-refractivity contribution in [2.24, 2.45) is 11.8 Å². The average Bonchev–Trinajstić information content (AvgIpc) is 2.82. The molecule has 2 aliphatic heterocycles. The molecule has 6 nitrogen and oxygen atoms in total. The van der Waals surface area contributed by atoms with E-state index in [2.05, 4.69) is 24.1 Å². The highest BCUT2D eigenvalue weighted by atomic mass is 16.2. The van der Waals surface area contributed by atoms with E-state index >= 15 is 0 Å². The molecule has 2 heterocycles.